The Kier molecular flexibility index (Phi) is 6.50. The molecule has 1 saturated carbocycles. The molecule has 2 aliphatic rings. The van der Waals surface area contributed by atoms with Gasteiger partial charge in [-0.25, -0.2) is 4.68 Å². The predicted octanol–water partition coefficient (Wildman–Crippen LogP) is 7.59. The van der Waals surface area contributed by atoms with Crippen LogP contribution in [0.25, 0.3) is 0 Å². The molecule has 1 aromatic heterocycles. The van der Waals surface area contributed by atoms with Crippen molar-refractivity contribution in [1.82, 2.24) is 9.78 Å². The van der Waals surface area contributed by atoms with Gasteiger partial charge in [0.2, 0.25) is 0 Å². The summed E-state index contributed by atoms with van der Waals surface area (Å²) >= 11 is 0. The Morgan fingerprint density at radius 3 is 2.47 bits per heavy atom. The van der Waals surface area contributed by atoms with Crippen LogP contribution in [0.3, 0.4) is 0 Å². The van der Waals surface area contributed by atoms with E-state index in [1.54, 1.807) is 0 Å². The molecular formula is C28H42N4OSi. The minimum atomic E-state index is -1.77. The Morgan fingerprint density at radius 1 is 1.09 bits per heavy atom. The fourth-order valence-electron chi connectivity index (χ4n) is 5.07. The van der Waals surface area contributed by atoms with Gasteiger partial charge < -0.3 is 9.74 Å². The summed E-state index contributed by atoms with van der Waals surface area (Å²) in [6.45, 7) is 18.2. The standard InChI is InChI=1S/C28H42N4OSi/c1-27(2,3)32-26(30-22-13-11-19-9-10-21(18-29)24(19)16-22)17-25(31-32)20-12-14-23(15-20)33-34(7,8)28(4,5)6/h11,13,16-17,20-21,23,30H,9-10,12,14-15H2,1-8H3/t20-,21?,23+/m0/s1. The number of hydrogen-bond donors (Lipinski definition) is 1. The van der Waals surface area contributed by atoms with E-state index in [-0.39, 0.29) is 16.5 Å². The number of nitrogens with one attached hydrogen (secondary N) is 1. The molecule has 3 atom stereocenters. The van der Waals surface area contributed by atoms with E-state index >= 15 is 0 Å². The molecule has 0 amide bonds. The zero-order chi connectivity index (χ0) is 24.9. The van der Waals surface area contributed by atoms with Crippen LogP contribution in [0.2, 0.25) is 18.1 Å². The van der Waals surface area contributed by atoms with E-state index in [9.17, 15) is 5.26 Å². The molecule has 2 aliphatic carbocycles. The van der Waals surface area contributed by atoms with Crippen molar-refractivity contribution in [2.45, 2.75) is 115 Å². The fraction of sp³-hybridized carbons (Fsp3) is 0.643. The van der Waals surface area contributed by atoms with E-state index in [1.807, 2.05) is 0 Å². The van der Waals surface area contributed by atoms with Gasteiger partial charge in [0, 0.05) is 23.8 Å². The molecule has 1 unspecified atom stereocenters. The topological polar surface area (TPSA) is 62.9 Å². The van der Waals surface area contributed by atoms with Gasteiger partial charge in [0.05, 0.1) is 23.2 Å². The lowest BCUT2D eigenvalue weighted by Crippen LogP contribution is -2.43. The van der Waals surface area contributed by atoms with E-state index in [1.165, 1.54) is 11.1 Å². The van der Waals surface area contributed by atoms with Crippen molar-refractivity contribution in [3.8, 4) is 6.07 Å². The third-order valence-corrected chi connectivity index (χ3v) is 12.6. The van der Waals surface area contributed by atoms with Crippen LogP contribution >= 0.6 is 0 Å². The van der Waals surface area contributed by atoms with Crippen molar-refractivity contribution in [2.24, 2.45) is 0 Å². The van der Waals surface area contributed by atoms with Gasteiger partial charge in [-0.15, -0.1) is 0 Å². The number of rotatable bonds is 5. The van der Waals surface area contributed by atoms with Crippen LogP contribution in [0.4, 0.5) is 11.5 Å². The second kappa shape index (κ2) is 8.84. The van der Waals surface area contributed by atoms with Crippen LogP contribution < -0.4 is 5.32 Å². The van der Waals surface area contributed by atoms with Gasteiger partial charge in [-0.2, -0.15) is 10.4 Å². The first-order chi connectivity index (χ1) is 15.8. The summed E-state index contributed by atoms with van der Waals surface area (Å²) in [5.41, 5.74) is 4.54. The molecule has 6 heteroatoms. The van der Waals surface area contributed by atoms with Crippen molar-refractivity contribution in [1.29, 1.82) is 5.26 Å². The first kappa shape index (κ1) is 25.0. The van der Waals surface area contributed by atoms with Gasteiger partial charge in [0.1, 0.15) is 5.82 Å². The number of anilines is 2. The molecule has 5 nitrogen and oxygen atoms in total. The average molecular weight is 479 g/mol. The number of aryl methyl sites for hydroxylation is 1. The lowest BCUT2D eigenvalue weighted by Gasteiger charge is -2.38. The molecule has 0 radical (unpaired) electrons. The van der Waals surface area contributed by atoms with E-state index in [2.05, 4.69) is 95.0 Å². The summed E-state index contributed by atoms with van der Waals surface area (Å²) < 4.78 is 8.86. The second-order valence-corrected chi connectivity index (χ2v) is 17.6. The summed E-state index contributed by atoms with van der Waals surface area (Å²) in [6.07, 6.45) is 5.56. The number of nitriles is 1. The Hall–Kier alpha value is -2.10. The van der Waals surface area contributed by atoms with Gasteiger partial charge in [0.25, 0.3) is 0 Å². The second-order valence-electron chi connectivity index (χ2n) is 12.8. The van der Waals surface area contributed by atoms with E-state index in [0.717, 1.165) is 49.3 Å². The molecule has 0 saturated heterocycles. The van der Waals surface area contributed by atoms with Crippen molar-refractivity contribution in [2.75, 3.05) is 5.32 Å². The molecule has 0 spiro atoms. The maximum absolute atomic E-state index is 9.51. The molecule has 1 heterocycles. The van der Waals surface area contributed by atoms with Gasteiger partial charge in [-0.05, 0) is 94.3 Å². The van der Waals surface area contributed by atoms with E-state index in [4.69, 9.17) is 9.52 Å². The van der Waals surface area contributed by atoms with Crippen molar-refractivity contribution < 1.29 is 4.43 Å². The molecule has 34 heavy (non-hydrogen) atoms. The number of benzene rings is 1. The van der Waals surface area contributed by atoms with Crippen LogP contribution in [0.15, 0.2) is 24.3 Å². The highest BCUT2D eigenvalue weighted by Crippen LogP contribution is 2.43. The number of aromatic nitrogens is 2. The highest BCUT2D eigenvalue weighted by Gasteiger charge is 2.41. The number of hydrogen-bond acceptors (Lipinski definition) is 4. The summed E-state index contributed by atoms with van der Waals surface area (Å²) in [4.78, 5) is 0. The third kappa shape index (κ3) is 4.97. The number of fused-ring (bicyclic) bond motifs is 1. The first-order valence-corrected chi connectivity index (χ1v) is 15.8. The van der Waals surface area contributed by atoms with Crippen molar-refractivity contribution in [3.63, 3.8) is 0 Å². The normalized spacial score (nSPS) is 23.1. The lowest BCUT2D eigenvalue weighted by molar-refractivity contribution is 0.186. The van der Waals surface area contributed by atoms with Gasteiger partial charge in [-0.1, -0.05) is 26.8 Å². The zero-order valence-electron chi connectivity index (χ0n) is 22.3. The predicted molar refractivity (Wildman–Crippen MR) is 142 cm³/mol. The van der Waals surface area contributed by atoms with Crippen LogP contribution in [0.1, 0.15) is 95.9 Å². The molecule has 2 aromatic rings. The van der Waals surface area contributed by atoms with Gasteiger partial charge >= 0.3 is 0 Å². The van der Waals surface area contributed by atoms with E-state index < -0.39 is 8.32 Å². The molecule has 0 aliphatic heterocycles. The molecule has 1 N–H and O–H groups in total. The lowest BCUT2D eigenvalue weighted by atomic mass is 10.0. The Morgan fingerprint density at radius 2 is 1.82 bits per heavy atom. The highest BCUT2D eigenvalue weighted by molar-refractivity contribution is 6.74. The molecule has 184 valence electrons. The molecule has 1 fully saturated rings. The third-order valence-electron chi connectivity index (χ3n) is 8.09. The SMILES string of the molecule is CC(C)(C)n1nc([C@H]2CC[C@@H](O[Si](C)(C)C(C)(C)C)C2)cc1Nc1ccc2c(c1)C(C#N)CC2. The van der Waals surface area contributed by atoms with Crippen LogP contribution in [0.5, 0.6) is 0 Å². The quantitative estimate of drug-likeness (QED) is 0.450. The Labute approximate surface area is 207 Å². The smallest absolute Gasteiger partial charge is 0.192 e. The van der Waals surface area contributed by atoms with Crippen LogP contribution in [-0.2, 0) is 16.4 Å². The highest BCUT2D eigenvalue weighted by atomic mass is 28.4. The summed E-state index contributed by atoms with van der Waals surface area (Å²) in [6, 6.07) is 11.2. The minimum absolute atomic E-state index is 0.0103. The zero-order valence-corrected chi connectivity index (χ0v) is 23.3. The molecule has 1 aromatic carbocycles. The summed E-state index contributed by atoms with van der Waals surface area (Å²) in [7, 11) is -1.77. The van der Waals surface area contributed by atoms with Crippen molar-refractivity contribution >= 4 is 19.8 Å². The summed E-state index contributed by atoms with van der Waals surface area (Å²) in [5, 5.41) is 18.5. The van der Waals surface area contributed by atoms with Crippen LogP contribution in [-0.4, -0.2) is 24.2 Å². The minimum Gasteiger partial charge on any atom is -0.414 e. The van der Waals surface area contributed by atoms with Crippen LogP contribution in [0, 0.1) is 11.3 Å². The number of nitrogens with zero attached hydrogens (tertiary/aromatic N) is 3. The van der Waals surface area contributed by atoms with E-state index in [0.29, 0.717) is 12.0 Å². The largest absolute Gasteiger partial charge is 0.414 e. The monoisotopic (exact) mass is 478 g/mol. The molecule has 4 rings (SSSR count). The Bertz CT molecular complexity index is 1080. The Balaban J connectivity index is 1.55. The first-order valence-electron chi connectivity index (χ1n) is 12.9. The fourth-order valence-corrected chi connectivity index (χ4v) is 6.47. The maximum Gasteiger partial charge on any atom is 0.192 e. The van der Waals surface area contributed by atoms with Gasteiger partial charge in [0.15, 0.2) is 8.32 Å². The summed E-state index contributed by atoms with van der Waals surface area (Å²) in [5.74, 6) is 1.46. The van der Waals surface area contributed by atoms with Crippen molar-refractivity contribution in [3.05, 3.63) is 41.1 Å². The average Bonchev–Trinajstić information content (AvgIpc) is 3.44. The molecule has 0 bridgehead atoms. The van der Waals surface area contributed by atoms with Gasteiger partial charge in [-0.3, -0.25) is 0 Å². The maximum atomic E-state index is 9.51. The molecular weight excluding hydrogens is 436 g/mol.